The van der Waals surface area contributed by atoms with E-state index in [9.17, 15) is 0 Å². The highest BCUT2D eigenvalue weighted by molar-refractivity contribution is 7.97. The van der Waals surface area contributed by atoms with Gasteiger partial charge >= 0.3 is 0 Å². The first-order chi connectivity index (χ1) is 8.28. The molecule has 0 aliphatic heterocycles. The number of anilines is 1. The Morgan fingerprint density at radius 1 is 1.47 bits per heavy atom. The van der Waals surface area contributed by atoms with Crippen LogP contribution in [-0.2, 0) is 5.75 Å². The van der Waals surface area contributed by atoms with Gasteiger partial charge < -0.3 is 5.73 Å². The predicted octanol–water partition coefficient (Wildman–Crippen LogP) is 3.59. The molecule has 0 amide bonds. The van der Waals surface area contributed by atoms with Crippen LogP contribution < -0.4 is 5.73 Å². The van der Waals surface area contributed by atoms with E-state index < -0.39 is 0 Å². The van der Waals surface area contributed by atoms with Gasteiger partial charge in [-0.3, -0.25) is 0 Å². The zero-order chi connectivity index (χ0) is 11.8. The van der Waals surface area contributed by atoms with Gasteiger partial charge in [-0.2, -0.15) is 11.8 Å². The second-order valence-corrected chi connectivity index (χ2v) is 6.94. The third kappa shape index (κ3) is 2.34. The van der Waals surface area contributed by atoms with E-state index >= 15 is 0 Å². The van der Waals surface area contributed by atoms with Crippen LogP contribution in [0.2, 0.25) is 0 Å². The summed E-state index contributed by atoms with van der Waals surface area (Å²) in [5.41, 5.74) is 7.98. The number of thioether (sulfide) groups is 1. The van der Waals surface area contributed by atoms with Crippen LogP contribution in [0, 0.1) is 0 Å². The van der Waals surface area contributed by atoms with E-state index in [2.05, 4.69) is 11.2 Å². The van der Waals surface area contributed by atoms with E-state index in [1.807, 2.05) is 17.1 Å². The Labute approximate surface area is 112 Å². The molecule has 0 spiro atoms. The summed E-state index contributed by atoms with van der Waals surface area (Å²) in [6, 6.07) is 0. The average Bonchev–Trinajstić information content (AvgIpc) is 2.93. The van der Waals surface area contributed by atoms with Crippen LogP contribution in [0.4, 0.5) is 5.13 Å². The molecule has 0 radical (unpaired) electrons. The summed E-state index contributed by atoms with van der Waals surface area (Å²) in [6.07, 6.45) is 4.66. The molecule has 0 bridgehead atoms. The lowest BCUT2D eigenvalue weighted by molar-refractivity contribution is 1.03. The van der Waals surface area contributed by atoms with Gasteiger partial charge in [0.2, 0.25) is 0 Å². The minimum atomic E-state index is 0.640. The summed E-state index contributed by atoms with van der Waals surface area (Å²) in [5.74, 6) is 1.66. The van der Waals surface area contributed by atoms with Crippen LogP contribution in [0.3, 0.4) is 0 Å². The van der Waals surface area contributed by atoms with Crippen LogP contribution in [0.1, 0.15) is 29.5 Å². The van der Waals surface area contributed by atoms with E-state index in [4.69, 9.17) is 10.7 Å². The minimum absolute atomic E-state index is 0.640. The summed E-state index contributed by atoms with van der Waals surface area (Å²) in [5, 5.41) is 3.89. The van der Waals surface area contributed by atoms with E-state index in [1.165, 1.54) is 39.8 Å². The van der Waals surface area contributed by atoms with Gasteiger partial charge in [0.15, 0.2) is 5.13 Å². The Morgan fingerprint density at radius 3 is 2.88 bits per heavy atom. The van der Waals surface area contributed by atoms with E-state index in [0.717, 1.165) is 11.4 Å². The van der Waals surface area contributed by atoms with Gasteiger partial charge in [-0.1, -0.05) is 0 Å². The van der Waals surface area contributed by atoms with Crippen LogP contribution in [0.5, 0.6) is 0 Å². The molecule has 1 aliphatic carbocycles. The second kappa shape index (κ2) is 4.59. The minimum Gasteiger partial charge on any atom is -0.375 e. The Balaban J connectivity index is 2.01. The van der Waals surface area contributed by atoms with Crippen molar-refractivity contribution in [1.82, 2.24) is 9.97 Å². The lowest BCUT2D eigenvalue weighted by atomic mass is 10.2. The lowest BCUT2D eigenvalue weighted by Crippen LogP contribution is -1.86. The molecule has 2 aromatic heterocycles. The molecule has 1 fully saturated rings. The maximum atomic E-state index is 5.71. The van der Waals surface area contributed by atoms with Crippen molar-refractivity contribution in [2.45, 2.75) is 24.5 Å². The van der Waals surface area contributed by atoms with Gasteiger partial charge in [0, 0.05) is 17.1 Å². The normalized spacial score (nSPS) is 15.4. The summed E-state index contributed by atoms with van der Waals surface area (Å²) >= 11 is 5.09. The van der Waals surface area contributed by atoms with Gasteiger partial charge in [0.05, 0.1) is 16.3 Å². The molecule has 1 aliphatic rings. The van der Waals surface area contributed by atoms with Gasteiger partial charge in [-0.05, 0) is 19.1 Å². The lowest BCUT2D eigenvalue weighted by Gasteiger charge is -1.94. The Kier molecular flexibility index (Phi) is 3.10. The highest BCUT2D eigenvalue weighted by Crippen LogP contribution is 2.46. The monoisotopic (exact) mass is 283 g/mol. The van der Waals surface area contributed by atoms with Gasteiger partial charge in [-0.15, -0.1) is 22.7 Å². The maximum Gasteiger partial charge on any atom is 0.180 e. The molecule has 0 atom stereocenters. The van der Waals surface area contributed by atoms with Crippen molar-refractivity contribution in [3.05, 3.63) is 16.1 Å². The fraction of sp³-hybridized carbons (Fsp3) is 0.455. The number of thiazole rings is 2. The second-order valence-electron chi connectivity index (χ2n) is 4.10. The molecule has 3 nitrogen and oxygen atoms in total. The van der Waals surface area contributed by atoms with Crippen molar-refractivity contribution < 1.29 is 0 Å². The fourth-order valence-corrected chi connectivity index (χ4v) is 4.21. The topological polar surface area (TPSA) is 51.8 Å². The van der Waals surface area contributed by atoms with E-state index in [1.54, 1.807) is 11.3 Å². The quantitative estimate of drug-likeness (QED) is 0.931. The van der Waals surface area contributed by atoms with Crippen molar-refractivity contribution in [1.29, 1.82) is 0 Å². The van der Waals surface area contributed by atoms with Gasteiger partial charge in [-0.25, -0.2) is 9.97 Å². The standard InChI is InChI=1S/C11H13N3S3/c1-15-5-8-14-9(6-2-3-6)10(17-8)7-4-16-11(12)13-7/h4,6H,2-3,5H2,1H3,(H2,12,13). The van der Waals surface area contributed by atoms with Crippen LogP contribution in [0.15, 0.2) is 5.38 Å². The molecule has 2 heterocycles. The summed E-state index contributed by atoms with van der Waals surface area (Å²) in [7, 11) is 0. The zero-order valence-corrected chi connectivity index (χ0v) is 11.9. The van der Waals surface area contributed by atoms with Gasteiger partial charge in [0.25, 0.3) is 0 Å². The Bertz CT molecular complexity index is 528. The number of hydrogen-bond acceptors (Lipinski definition) is 6. The molecule has 2 aromatic rings. The van der Waals surface area contributed by atoms with Crippen LogP contribution in [-0.4, -0.2) is 16.2 Å². The molecule has 6 heteroatoms. The molecule has 0 saturated heterocycles. The van der Waals surface area contributed by atoms with Crippen molar-refractivity contribution >= 4 is 39.6 Å². The first-order valence-electron chi connectivity index (χ1n) is 5.48. The van der Waals surface area contributed by atoms with Crippen molar-refractivity contribution in [2.24, 2.45) is 0 Å². The number of hydrogen-bond donors (Lipinski definition) is 1. The third-order valence-electron chi connectivity index (χ3n) is 2.68. The molecular formula is C11H13N3S3. The molecule has 2 N–H and O–H groups in total. The number of aromatic nitrogens is 2. The fourth-order valence-electron chi connectivity index (χ4n) is 1.77. The molecule has 0 unspecified atom stereocenters. The number of rotatable bonds is 4. The van der Waals surface area contributed by atoms with Crippen LogP contribution >= 0.6 is 34.4 Å². The average molecular weight is 283 g/mol. The van der Waals surface area contributed by atoms with E-state index in [-0.39, 0.29) is 0 Å². The summed E-state index contributed by atoms with van der Waals surface area (Å²) < 4.78 is 0. The predicted molar refractivity (Wildman–Crippen MR) is 76.8 cm³/mol. The van der Waals surface area contributed by atoms with Gasteiger partial charge in [0.1, 0.15) is 5.01 Å². The van der Waals surface area contributed by atoms with Crippen LogP contribution in [0.25, 0.3) is 10.6 Å². The molecule has 0 aromatic carbocycles. The largest absolute Gasteiger partial charge is 0.375 e. The first kappa shape index (κ1) is 11.5. The first-order valence-corrected chi connectivity index (χ1v) is 8.57. The molecule has 17 heavy (non-hydrogen) atoms. The highest BCUT2D eigenvalue weighted by Gasteiger charge is 2.30. The summed E-state index contributed by atoms with van der Waals surface area (Å²) in [4.78, 5) is 10.4. The maximum absolute atomic E-state index is 5.71. The number of nitrogen functional groups attached to an aromatic ring is 1. The number of nitrogens with zero attached hydrogens (tertiary/aromatic N) is 2. The van der Waals surface area contributed by atoms with Crippen molar-refractivity contribution in [3.63, 3.8) is 0 Å². The summed E-state index contributed by atoms with van der Waals surface area (Å²) in [6.45, 7) is 0. The smallest absolute Gasteiger partial charge is 0.180 e. The molecular weight excluding hydrogens is 270 g/mol. The molecule has 3 rings (SSSR count). The van der Waals surface area contributed by atoms with Crippen molar-refractivity contribution in [3.8, 4) is 10.6 Å². The van der Waals surface area contributed by atoms with E-state index in [0.29, 0.717) is 11.0 Å². The highest BCUT2D eigenvalue weighted by atomic mass is 32.2. The third-order valence-corrected chi connectivity index (χ3v) is 5.20. The SMILES string of the molecule is CSCc1nc(C2CC2)c(-c2csc(N)n2)s1. The van der Waals surface area contributed by atoms with Crippen molar-refractivity contribution in [2.75, 3.05) is 12.0 Å². The molecule has 90 valence electrons. The molecule has 1 saturated carbocycles. The Hall–Kier alpha value is -0.590. The Morgan fingerprint density at radius 2 is 2.29 bits per heavy atom. The zero-order valence-electron chi connectivity index (χ0n) is 9.47. The number of nitrogens with two attached hydrogens (primary N) is 1.